The number of hydrogen-bond acceptors (Lipinski definition) is 5. The largest absolute Gasteiger partial charge is 0.449 e. The van der Waals surface area contributed by atoms with E-state index in [2.05, 4.69) is 0 Å². The van der Waals surface area contributed by atoms with Crippen molar-refractivity contribution in [1.29, 1.82) is 0 Å². The summed E-state index contributed by atoms with van der Waals surface area (Å²) in [7, 11) is -3.50. The average molecular weight is 279 g/mol. The smallest absolute Gasteiger partial charge is 0.409 e. The third kappa shape index (κ3) is 4.13. The van der Waals surface area contributed by atoms with E-state index in [1.807, 2.05) is 13.8 Å². The van der Waals surface area contributed by atoms with Crippen molar-refractivity contribution in [3.05, 3.63) is 0 Å². The monoisotopic (exact) mass is 279 g/mol. The second kappa shape index (κ2) is 5.88. The first-order valence-electron chi connectivity index (χ1n) is 6.14. The van der Waals surface area contributed by atoms with Crippen LogP contribution in [0.5, 0.6) is 0 Å². The first-order valence-corrected chi connectivity index (χ1v) is 7.96. The Labute approximate surface area is 108 Å². The van der Waals surface area contributed by atoms with Crippen LogP contribution in [0.3, 0.4) is 0 Å². The zero-order chi connectivity index (χ0) is 13.8. The maximum absolute atomic E-state index is 11.6. The molecule has 0 N–H and O–H groups in total. The van der Waals surface area contributed by atoms with Gasteiger partial charge < -0.3 is 9.64 Å². The first kappa shape index (κ1) is 15.2. The molecule has 0 unspecified atom stereocenters. The van der Waals surface area contributed by atoms with Crippen LogP contribution in [0, 0.1) is 0 Å². The SMILES string of the molecule is CCCCOC(=O)N1CC(CC)(OS(C)(=O)=O)C1. The Kier molecular flexibility index (Phi) is 4.98. The van der Waals surface area contributed by atoms with E-state index < -0.39 is 21.8 Å². The molecule has 1 amide bonds. The molecule has 1 heterocycles. The van der Waals surface area contributed by atoms with Crippen LogP contribution in [0.4, 0.5) is 4.79 Å². The van der Waals surface area contributed by atoms with Gasteiger partial charge in [-0.1, -0.05) is 20.3 Å². The summed E-state index contributed by atoms with van der Waals surface area (Å²) in [4.78, 5) is 13.0. The zero-order valence-corrected chi connectivity index (χ0v) is 12.0. The Balaban J connectivity index is 2.42. The van der Waals surface area contributed by atoms with Crippen molar-refractivity contribution in [1.82, 2.24) is 4.90 Å². The molecule has 0 bridgehead atoms. The molecule has 0 aromatic heterocycles. The second-order valence-corrected chi connectivity index (χ2v) is 6.22. The number of carbonyl (C=O) groups is 1. The Morgan fingerprint density at radius 3 is 2.39 bits per heavy atom. The summed E-state index contributed by atoms with van der Waals surface area (Å²) in [5.41, 5.74) is -0.767. The fourth-order valence-corrected chi connectivity index (χ4v) is 2.70. The highest BCUT2D eigenvalue weighted by atomic mass is 32.2. The first-order chi connectivity index (χ1) is 8.32. The molecule has 0 saturated carbocycles. The minimum Gasteiger partial charge on any atom is -0.449 e. The lowest BCUT2D eigenvalue weighted by molar-refractivity contribution is -0.0673. The molecule has 0 aromatic rings. The molecule has 0 spiro atoms. The number of likely N-dealkylation sites (tertiary alicyclic amines) is 1. The lowest BCUT2D eigenvalue weighted by Gasteiger charge is -2.47. The molecule has 1 aliphatic heterocycles. The highest BCUT2D eigenvalue weighted by Gasteiger charge is 2.48. The third-order valence-electron chi connectivity index (χ3n) is 2.91. The fraction of sp³-hybridized carbons (Fsp3) is 0.909. The Morgan fingerprint density at radius 1 is 1.33 bits per heavy atom. The van der Waals surface area contributed by atoms with E-state index in [9.17, 15) is 13.2 Å². The van der Waals surface area contributed by atoms with Crippen molar-refractivity contribution in [2.75, 3.05) is 26.0 Å². The van der Waals surface area contributed by atoms with Crippen molar-refractivity contribution in [2.45, 2.75) is 38.7 Å². The van der Waals surface area contributed by atoms with Crippen LogP contribution < -0.4 is 0 Å². The summed E-state index contributed by atoms with van der Waals surface area (Å²) in [6.07, 6.45) is 2.96. The van der Waals surface area contributed by atoms with Crippen LogP contribution in [-0.4, -0.2) is 51.0 Å². The van der Waals surface area contributed by atoms with Gasteiger partial charge in [-0.15, -0.1) is 0 Å². The predicted octanol–water partition coefficient (Wildman–Crippen LogP) is 1.36. The zero-order valence-electron chi connectivity index (χ0n) is 11.1. The normalized spacial score (nSPS) is 18.3. The second-order valence-electron chi connectivity index (χ2n) is 4.65. The molecule has 18 heavy (non-hydrogen) atoms. The minimum absolute atomic E-state index is 0.265. The van der Waals surface area contributed by atoms with Crippen molar-refractivity contribution in [2.24, 2.45) is 0 Å². The van der Waals surface area contributed by atoms with Crippen molar-refractivity contribution < 1.29 is 22.1 Å². The number of nitrogens with zero attached hydrogens (tertiary/aromatic N) is 1. The molecular formula is C11H21NO5S. The van der Waals surface area contributed by atoms with Gasteiger partial charge >= 0.3 is 6.09 Å². The van der Waals surface area contributed by atoms with Gasteiger partial charge in [0.15, 0.2) is 0 Å². The van der Waals surface area contributed by atoms with Crippen molar-refractivity contribution in [3.8, 4) is 0 Å². The van der Waals surface area contributed by atoms with Crippen LogP contribution in [0.15, 0.2) is 0 Å². The highest BCUT2D eigenvalue weighted by molar-refractivity contribution is 7.86. The number of carbonyl (C=O) groups excluding carboxylic acids is 1. The van der Waals surface area contributed by atoms with E-state index >= 15 is 0 Å². The van der Waals surface area contributed by atoms with Gasteiger partial charge in [-0.05, 0) is 12.8 Å². The molecule has 7 heteroatoms. The van der Waals surface area contributed by atoms with E-state index in [1.54, 1.807) is 0 Å². The molecule has 1 rings (SSSR count). The van der Waals surface area contributed by atoms with Crippen LogP contribution in [0.25, 0.3) is 0 Å². The van der Waals surface area contributed by atoms with Gasteiger partial charge in [-0.3, -0.25) is 4.18 Å². The van der Waals surface area contributed by atoms with Gasteiger partial charge in [-0.2, -0.15) is 8.42 Å². The molecule has 0 aliphatic carbocycles. The molecule has 6 nitrogen and oxygen atoms in total. The number of hydrogen-bond donors (Lipinski definition) is 0. The van der Waals surface area contributed by atoms with Crippen LogP contribution in [0.2, 0.25) is 0 Å². The topological polar surface area (TPSA) is 72.9 Å². The Bertz CT molecular complexity index is 386. The van der Waals surface area contributed by atoms with Crippen molar-refractivity contribution >= 4 is 16.2 Å². The van der Waals surface area contributed by atoms with Gasteiger partial charge in [0.05, 0.1) is 26.0 Å². The van der Waals surface area contributed by atoms with E-state index in [0.29, 0.717) is 13.0 Å². The van der Waals surface area contributed by atoms with Crippen LogP contribution in [-0.2, 0) is 19.0 Å². The number of unbranched alkanes of at least 4 members (excludes halogenated alkanes) is 1. The third-order valence-corrected chi connectivity index (χ3v) is 3.57. The van der Waals surface area contributed by atoms with Crippen LogP contribution in [0.1, 0.15) is 33.1 Å². The van der Waals surface area contributed by atoms with Gasteiger partial charge in [0, 0.05) is 0 Å². The summed E-state index contributed by atoms with van der Waals surface area (Å²) in [6.45, 7) is 4.78. The molecular weight excluding hydrogens is 258 g/mol. The van der Waals surface area contributed by atoms with E-state index in [-0.39, 0.29) is 13.1 Å². The molecule has 1 fully saturated rings. The lowest BCUT2D eigenvalue weighted by Crippen LogP contribution is -2.65. The van der Waals surface area contributed by atoms with Gasteiger partial charge in [-0.25, -0.2) is 4.79 Å². The fourth-order valence-electron chi connectivity index (χ4n) is 1.83. The number of rotatable bonds is 6. The molecule has 0 atom stereocenters. The van der Waals surface area contributed by atoms with Gasteiger partial charge in [0.25, 0.3) is 10.1 Å². The maximum Gasteiger partial charge on any atom is 0.409 e. The van der Waals surface area contributed by atoms with E-state index in [0.717, 1.165) is 19.1 Å². The average Bonchev–Trinajstić information content (AvgIpc) is 2.21. The lowest BCUT2D eigenvalue weighted by atomic mass is 9.92. The molecule has 106 valence electrons. The Hall–Kier alpha value is -0.820. The van der Waals surface area contributed by atoms with Crippen LogP contribution >= 0.6 is 0 Å². The maximum atomic E-state index is 11.6. The number of amides is 1. The summed E-state index contributed by atoms with van der Waals surface area (Å²) < 4.78 is 32.3. The summed E-state index contributed by atoms with van der Waals surface area (Å²) >= 11 is 0. The predicted molar refractivity (Wildman–Crippen MR) is 66.8 cm³/mol. The van der Waals surface area contributed by atoms with Gasteiger partial charge in [0.1, 0.15) is 5.60 Å². The molecule has 0 aromatic carbocycles. The minimum atomic E-state index is -3.50. The Morgan fingerprint density at radius 2 is 1.94 bits per heavy atom. The summed E-state index contributed by atoms with van der Waals surface area (Å²) in [5, 5.41) is 0. The van der Waals surface area contributed by atoms with E-state index in [1.165, 1.54) is 4.90 Å². The quantitative estimate of drug-likeness (QED) is 0.542. The van der Waals surface area contributed by atoms with E-state index in [4.69, 9.17) is 8.92 Å². The number of ether oxygens (including phenoxy) is 1. The summed E-state index contributed by atoms with van der Waals surface area (Å²) in [6, 6.07) is 0. The standard InChI is InChI=1S/C11H21NO5S/c1-4-6-7-16-10(13)12-8-11(5-2,9-12)17-18(3,14)15/h4-9H2,1-3H3. The van der Waals surface area contributed by atoms with Gasteiger partial charge in [0.2, 0.25) is 0 Å². The highest BCUT2D eigenvalue weighted by Crippen LogP contribution is 2.30. The molecule has 1 aliphatic rings. The molecule has 1 saturated heterocycles. The summed E-state index contributed by atoms with van der Waals surface area (Å²) in [5.74, 6) is 0. The molecule has 0 radical (unpaired) electrons. The van der Waals surface area contributed by atoms with Crippen molar-refractivity contribution in [3.63, 3.8) is 0 Å².